The van der Waals surface area contributed by atoms with Crippen LogP contribution in [0, 0.1) is 5.82 Å². The minimum Gasteiger partial charge on any atom is -0.486 e. The van der Waals surface area contributed by atoms with Gasteiger partial charge in [0, 0.05) is 11.1 Å². The number of hydrogen-bond acceptors (Lipinski definition) is 3. The largest absolute Gasteiger partial charge is 0.486 e. The first kappa shape index (κ1) is 24.2. The smallest absolute Gasteiger partial charge is 0.281 e. The van der Waals surface area contributed by atoms with Crippen LogP contribution in [0.5, 0.6) is 5.75 Å². The number of halogens is 3. The van der Waals surface area contributed by atoms with Crippen molar-refractivity contribution in [2.75, 3.05) is 5.01 Å². The maximum atomic E-state index is 14.0. The van der Waals surface area contributed by atoms with Crippen LogP contribution in [-0.2, 0) is 11.4 Å². The topological polar surface area (TPSA) is 41.9 Å². The molecule has 36 heavy (non-hydrogen) atoms. The highest BCUT2D eigenvalue weighted by Gasteiger charge is 2.32. The number of anilines is 1. The number of para-hydroxylation sites is 1. The fourth-order valence-electron chi connectivity index (χ4n) is 3.83. The van der Waals surface area contributed by atoms with Crippen molar-refractivity contribution in [3.05, 3.63) is 134 Å². The molecular weight excluding hydrogens is 587 g/mol. The first-order valence-electron chi connectivity index (χ1n) is 11.1. The van der Waals surface area contributed by atoms with E-state index in [0.29, 0.717) is 37.2 Å². The summed E-state index contributed by atoms with van der Waals surface area (Å²) in [6.45, 7) is 0.0830. The van der Waals surface area contributed by atoms with Gasteiger partial charge in [0.2, 0.25) is 0 Å². The Balaban J connectivity index is 1.49. The molecule has 0 spiro atoms. The Morgan fingerprint density at radius 1 is 0.861 bits per heavy atom. The quantitative estimate of drug-likeness (QED) is 0.211. The van der Waals surface area contributed by atoms with Crippen molar-refractivity contribution in [3.63, 3.8) is 0 Å². The maximum absolute atomic E-state index is 14.0. The summed E-state index contributed by atoms with van der Waals surface area (Å²) in [5, 5.41) is 6.09. The molecular formula is C29H19Br2FN2O2. The lowest BCUT2D eigenvalue weighted by molar-refractivity contribution is -0.114. The van der Waals surface area contributed by atoms with Gasteiger partial charge in [-0.25, -0.2) is 4.39 Å². The highest BCUT2D eigenvalue weighted by atomic mass is 79.9. The van der Waals surface area contributed by atoms with E-state index in [4.69, 9.17) is 4.74 Å². The average Bonchev–Trinajstić information content (AvgIpc) is 3.21. The summed E-state index contributed by atoms with van der Waals surface area (Å²) in [4.78, 5) is 13.5. The highest BCUT2D eigenvalue weighted by molar-refractivity contribution is 9.11. The fourth-order valence-corrected chi connectivity index (χ4v) is 5.28. The zero-order valence-corrected chi connectivity index (χ0v) is 22.0. The third kappa shape index (κ3) is 5.03. The van der Waals surface area contributed by atoms with Crippen LogP contribution < -0.4 is 9.75 Å². The molecule has 0 N–H and O–H groups in total. The van der Waals surface area contributed by atoms with Crippen LogP contribution in [0.3, 0.4) is 0 Å². The summed E-state index contributed by atoms with van der Waals surface area (Å²) in [6, 6.07) is 29.2. The molecule has 0 atom stereocenters. The molecule has 0 radical (unpaired) electrons. The van der Waals surface area contributed by atoms with E-state index in [2.05, 4.69) is 37.0 Å². The number of carbonyl (C=O) groups excluding carboxylic acids is 1. The van der Waals surface area contributed by atoms with Gasteiger partial charge in [0.25, 0.3) is 5.91 Å². The first-order valence-corrected chi connectivity index (χ1v) is 12.7. The van der Waals surface area contributed by atoms with E-state index in [9.17, 15) is 9.18 Å². The molecule has 4 aromatic carbocycles. The molecule has 1 heterocycles. The number of carbonyl (C=O) groups is 1. The Bertz CT molecular complexity index is 1460. The summed E-state index contributed by atoms with van der Waals surface area (Å²) in [6.07, 6.45) is 1.81. The van der Waals surface area contributed by atoms with Crippen LogP contribution in [0.15, 0.2) is 117 Å². The molecule has 5 rings (SSSR count). The molecule has 4 nitrogen and oxygen atoms in total. The zero-order valence-electron chi connectivity index (χ0n) is 18.9. The second-order valence-electron chi connectivity index (χ2n) is 8.02. The van der Waals surface area contributed by atoms with Gasteiger partial charge in [0.15, 0.2) is 0 Å². The highest BCUT2D eigenvalue weighted by Crippen LogP contribution is 2.37. The van der Waals surface area contributed by atoms with Crippen LogP contribution in [0.2, 0.25) is 0 Å². The number of ether oxygens (including phenoxy) is 1. The molecule has 0 bridgehead atoms. The van der Waals surface area contributed by atoms with E-state index in [1.54, 1.807) is 18.2 Å². The minimum atomic E-state index is -0.318. The van der Waals surface area contributed by atoms with E-state index in [1.807, 2.05) is 78.9 Å². The van der Waals surface area contributed by atoms with Crippen LogP contribution in [0.1, 0.15) is 16.7 Å². The lowest BCUT2D eigenvalue weighted by Gasteiger charge is -2.13. The van der Waals surface area contributed by atoms with Gasteiger partial charge in [0.05, 0.1) is 20.2 Å². The monoisotopic (exact) mass is 604 g/mol. The van der Waals surface area contributed by atoms with Gasteiger partial charge in [0.1, 0.15) is 23.9 Å². The number of amides is 1. The van der Waals surface area contributed by atoms with Gasteiger partial charge in [-0.1, -0.05) is 66.7 Å². The predicted molar refractivity (Wildman–Crippen MR) is 147 cm³/mol. The number of rotatable bonds is 6. The lowest BCUT2D eigenvalue weighted by atomic mass is 10.0. The number of benzene rings is 4. The predicted octanol–water partition coefficient (Wildman–Crippen LogP) is 7.76. The Morgan fingerprint density at radius 3 is 2.14 bits per heavy atom. The summed E-state index contributed by atoms with van der Waals surface area (Å²) in [7, 11) is 0. The van der Waals surface area contributed by atoms with Crippen molar-refractivity contribution in [1.82, 2.24) is 0 Å². The van der Waals surface area contributed by atoms with E-state index in [-0.39, 0.29) is 18.3 Å². The number of hydrazone groups is 1. The summed E-state index contributed by atoms with van der Waals surface area (Å²) < 4.78 is 21.2. The second kappa shape index (κ2) is 10.6. The van der Waals surface area contributed by atoms with Crippen LogP contribution >= 0.6 is 31.9 Å². The van der Waals surface area contributed by atoms with Crippen LogP contribution in [0.4, 0.5) is 10.1 Å². The Kier molecular flexibility index (Phi) is 7.11. The Morgan fingerprint density at radius 2 is 1.47 bits per heavy atom. The fraction of sp³-hybridized carbons (Fsp3) is 0.0345. The van der Waals surface area contributed by atoms with Gasteiger partial charge < -0.3 is 4.74 Å². The van der Waals surface area contributed by atoms with Gasteiger partial charge >= 0.3 is 0 Å². The Labute approximate surface area is 225 Å². The van der Waals surface area contributed by atoms with Crippen molar-refractivity contribution in [1.29, 1.82) is 0 Å². The molecule has 0 aromatic heterocycles. The number of hydrogen-bond donors (Lipinski definition) is 0. The normalized spacial score (nSPS) is 14.3. The van der Waals surface area contributed by atoms with E-state index < -0.39 is 0 Å². The molecule has 0 fully saturated rings. The molecule has 0 aliphatic carbocycles. The van der Waals surface area contributed by atoms with Crippen molar-refractivity contribution in [3.8, 4) is 5.75 Å². The zero-order chi connectivity index (χ0) is 25.1. The van der Waals surface area contributed by atoms with Crippen molar-refractivity contribution in [2.24, 2.45) is 5.10 Å². The third-order valence-electron chi connectivity index (χ3n) is 5.59. The van der Waals surface area contributed by atoms with E-state index in [1.165, 1.54) is 11.1 Å². The molecule has 0 unspecified atom stereocenters. The van der Waals surface area contributed by atoms with Gasteiger partial charge in [-0.2, -0.15) is 10.1 Å². The second-order valence-corrected chi connectivity index (χ2v) is 9.73. The maximum Gasteiger partial charge on any atom is 0.281 e. The molecule has 1 amide bonds. The lowest BCUT2D eigenvalue weighted by Crippen LogP contribution is -2.21. The van der Waals surface area contributed by atoms with Crippen molar-refractivity contribution in [2.45, 2.75) is 6.61 Å². The van der Waals surface area contributed by atoms with Crippen LogP contribution in [-0.4, -0.2) is 11.6 Å². The minimum absolute atomic E-state index is 0.0830. The first-order chi connectivity index (χ1) is 17.5. The van der Waals surface area contributed by atoms with Crippen LogP contribution in [0.25, 0.3) is 6.08 Å². The SMILES string of the molecule is O=C1/C(=C\c2cc(Br)c(OCc3ccccc3F)c(Br)c2)C(c2ccccc2)=NN1c1ccccc1. The summed E-state index contributed by atoms with van der Waals surface area (Å²) in [5.41, 5.74) is 3.84. The molecule has 0 saturated carbocycles. The standard InChI is InChI=1S/C29H19Br2FN2O2/c30-24-16-19(17-25(31)28(24)36-18-21-11-7-8-14-26(21)32)15-23-27(20-9-3-1-4-10-20)33-34(29(23)35)22-12-5-2-6-13-22/h1-17H,18H2/b23-15-. The molecule has 4 aromatic rings. The van der Waals surface area contributed by atoms with E-state index >= 15 is 0 Å². The molecule has 0 saturated heterocycles. The van der Waals surface area contributed by atoms with Crippen molar-refractivity contribution < 1.29 is 13.9 Å². The molecule has 7 heteroatoms. The number of nitrogens with zero attached hydrogens (tertiary/aromatic N) is 2. The van der Waals surface area contributed by atoms with Gasteiger partial charge in [-0.15, -0.1) is 0 Å². The van der Waals surface area contributed by atoms with Crippen molar-refractivity contribution >= 4 is 55.2 Å². The van der Waals surface area contributed by atoms with Gasteiger partial charge in [-0.3, -0.25) is 4.79 Å². The molecule has 178 valence electrons. The summed E-state index contributed by atoms with van der Waals surface area (Å²) in [5.74, 6) is 0.00901. The molecule has 1 aliphatic rings. The van der Waals surface area contributed by atoms with Gasteiger partial charge in [-0.05, 0) is 73.8 Å². The summed E-state index contributed by atoms with van der Waals surface area (Å²) >= 11 is 7.12. The average molecular weight is 606 g/mol. The third-order valence-corrected chi connectivity index (χ3v) is 6.77. The Hall–Kier alpha value is -3.55. The van der Waals surface area contributed by atoms with E-state index in [0.717, 1.165) is 11.1 Å². The molecule has 1 aliphatic heterocycles.